The summed E-state index contributed by atoms with van der Waals surface area (Å²) in [4.78, 5) is 24.6. The van der Waals surface area contributed by atoms with Gasteiger partial charge in [-0.25, -0.2) is 5.43 Å². The summed E-state index contributed by atoms with van der Waals surface area (Å²) < 4.78 is 0. The third kappa shape index (κ3) is 5.01. The zero-order chi connectivity index (χ0) is 20.1. The Kier molecular flexibility index (Phi) is 6.51. The number of carbonyl (C=O) groups excluding carboxylic acids is 2. The van der Waals surface area contributed by atoms with Crippen LogP contribution in [0.3, 0.4) is 0 Å². The molecule has 0 bridgehead atoms. The first kappa shape index (κ1) is 20.1. The largest absolute Gasteiger partial charge is 0.376 e. The van der Waals surface area contributed by atoms with E-state index in [0.29, 0.717) is 11.6 Å². The van der Waals surface area contributed by atoms with Crippen molar-refractivity contribution < 1.29 is 9.59 Å². The Hall–Kier alpha value is -2.61. The van der Waals surface area contributed by atoms with Gasteiger partial charge in [-0.2, -0.15) is 0 Å². The third-order valence-corrected chi connectivity index (χ3v) is 4.95. The molecule has 2 aromatic rings. The molecular weight excluding hydrogens is 378 g/mol. The SMILES string of the molecule is Cc1ccc(NCC(=O)NNC(=O)C2CNNC2c2ccc(Cl)cc2)c(C)c1. The third-order valence-electron chi connectivity index (χ3n) is 4.69. The van der Waals surface area contributed by atoms with Crippen molar-refractivity contribution in [1.29, 1.82) is 0 Å². The van der Waals surface area contributed by atoms with Crippen molar-refractivity contribution in [1.82, 2.24) is 21.7 Å². The number of halogens is 1. The van der Waals surface area contributed by atoms with Gasteiger partial charge in [0.25, 0.3) is 5.91 Å². The molecular formula is C20H24ClN5O2. The Morgan fingerprint density at radius 3 is 2.57 bits per heavy atom. The normalized spacial score (nSPS) is 18.5. The molecule has 0 aliphatic carbocycles. The molecule has 0 saturated carbocycles. The van der Waals surface area contributed by atoms with Crippen molar-refractivity contribution in [2.75, 3.05) is 18.4 Å². The maximum Gasteiger partial charge on any atom is 0.257 e. The van der Waals surface area contributed by atoms with Crippen LogP contribution < -0.4 is 27.0 Å². The van der Waals surface area contributed by atoms with Crippen LogP contribution in [-0.2, 0) is 9.59 Å². The van der Waals surface area contributed by atoms with E-state index in [9.17, 15) is 9.59 Å². The second-order valence-electron chi connectivity index (χ2n) is 6.87. The minimum absolute atomic E-state index is 0.0615. The molecule has 0 aromatic heterocycles. The smallest absolute Gasteiger partial charge is 0.257 e. The quantitative estimate of drug-likeness (QED) is 0.494. The lowest BCUT2D eigenvalue weighted by molar-refractivity contribution is -0.130. The van der Waals surface area contributed by atoms with Gasteiger partial charge in [0.15, 0.2) is 0 Å². The van der Waals surface area contributed by atoms with E-state index in [1.165, 1.54) is 0 Å². The number of hydrazine groups is 2. The molecule has 28 heavy (non-hydrogen) atoms. The van der Waals surface area contributed by atoms with Crippen LogP contribution in [0.15, 0.2) is 42.5 Å². The number of amides is 2. The van der Waals surface area contributed by atoms with Crippen LogP contribution in [0.1, 0.15) is 22.7 Å². The molecule has 1 fully saturated rings. The fraction of sp³-hybridized carbons (Fsp3) is 0.300. The fourth-order valence-corrected chi connectivity index (χ4v) is 3.31. The second-order valence-corrected chi connectivity index (χ2v) is 7.31. The first-order chi connectivity index (χ1) is 13.4. The Balaban J connectivity index is 1.50. The van der Waals surface area contributed by atoms with Crippen molar-refractivity contribution in [2.24, 2.45) is 5.92 Å². The van der Waals surface area contributed by atoms with Crippen LogP contribution in [0, 0.1) is 19.8 Å². The molecule has 2 aromatic carbocycles. The summed E-state index contributed by atoms with van der Waals surface area (Å²) >= 11 is 5.92. The van der Waals surface area contributed by atoms with Gasteiger partial charge in [0, 0.05) is 17.3 Å². The molecule has 5 N–H and O–H groups in total. The van der Waals surface area contributed by atoms with Gasteiger partial charge in [0.2, 0.25) is 5.91 Å². The topological polar surface area (TPSA) is 94.3 Å². The molecule has 2 unspecified atom stereocenters. The molecule has 1 aliphatic rings. The van der Waals surface area contributed by atoms with Crippen LogP contribution in [-0.4, -0.2) is 24.9 Å². The highest BCUT2D eigenvalue weighted by molar-refractivity contribution is 6.30. The number of nitrogens with one attached hydrogen (secondary N) is 5. The van der Waals surface area contributed by atoms with E-state index in [-0.39, 0.29) is 30.3 Å². The number of anilines is 1. The number of hydrogen-bond acceptors (Lipinski definition) is 5. The van der Waals surface area contributed by atoms with Gasteiger partial charge in [-0.05, 0) is 43.2 Å². The number of hydrogen-bond donors (Lipinski definition) is 5. The summed E-state index contributed by atoms with van der Waals surface area (Å²) in [5.41, 5.74) is 15.1. The predicted molar refractivity (Wildman–Crippen MR) is 110 cm³/mol. The molecule has 0 radical (unpaired) electrons. The molecule has 2 atom stereocenters. The number of aryl methyl sites for hydroxylation is 2. The van der Waals surface area contributed by atoms with Crippen LogP contribution in [0.4, 0.5) is 5.69 Å². The van der Waals surface area contributed by atoms with Gasteiger partial charge < -0.3 is 5.32 Å². The van der Waals surface area contributed by atoms with Gasteiger partial charge in [-0.1, -0.05) is 41.4 Å². The number of rotatable bonds is 5. The Morgan fingerprint density at radius 2 is 1.86 bits per heavy atom. The van der Waals surface area contributed by atoms with E-state index in [0.717, 1.165) is 22.4 Å². The van der Waals surface area contributed by atoms with Gasteiger partial charge in [-0.15, -0.1) is 0 Å². The predicted octanol–water partition coefficient (Wildman–Crippen LogP) is 1.98. The standard InChI is InChI=1S/C20H24ClN5O2/c1-12-3-8-17(13(2)9-12)22-11-18(27)24-26-20(28)16-10-23-25-19(16)14-4-6-15(21)7-5-14/h3-9,16,19,22-23,25H,10-11H2,1-2H3,(H,24,27)(H,26,28). The average Bonchev–Trinajstić information content (AvgIpc) is 3.16. The van der Waals surface area contributed by atoms with Gasteiger partial charge in [-0.3, -0.25) is 25.9 Å². The van der Waals surface area contributed by atoms with Gasteiger partial charge in [0.1, 0.15) is 0 Å². The highest BCUT2D eigenvalue weighted by atomic mass is 35.5. The zero-order valence-electron chi connectivity index (χ0n) is 15.8. The van der Waals surface area contributed by atoms with E-state index in [4.69, 9.17) is 11.6 Å². The highest BCUT2D eigenvalue weighted by Crippen LogP contribution is 2.26. The van der Waals surface area contributed by atoms with E-state index in [1.807, 2.05) is 44.2 Å². The van der Waals surface area contributed by atoms with E-state index in [1.54, 1.807) is 12.1 Å². The summed E-state index contributed by atoms with van der Waals surface area (Å²) in [7, 11) is 0. The fourth-order valence-electron chi connectivity index (χ4n) is 3.18. The summed E-state index contributed by atoms with van der Waals surface area (Å²) in [6.45, 7) is 4.51. The molecule has 3 rings (SSSR count). The highest BCUT2D eigenvalue weighted by Gasteiger charge is 2.34. The summed E-state index contributed by atoms with van der Waals surface area (Å²) in [5.74, 6) is -0.957. The van der Waals surface area contributed by atoms with Crippen molar-refractivity contribution in [2.45, 2.75) is 19.9 Å². The molecule has 148 valence electrons. The summed E-state index contributed by atoms with van der Waals surface area (Å²) in [6.07, 6.45) is 0. The zero-order valence-corrected chi connectivity index (χ0v) is 16.6. The molecule has 0 spiro atoms. The van der Waals surface area contributed by atoms with Crippen molar-refractivity contribution in [3.8, 4) is 0 Å². The molecule has 2 amide bonds. The van der Waals surface area contributed by atoms with E-state index >= 15 is 0 Å². The van der Waals surface area contributed by atoms with Crippen molar-refractivity contribution in [3.05, 3.63) is 64.2 Å². The van der Waals surface area contributed by atoms with E-state index in [2.05, 4.69) is 27.0 Å². The van der Waals surface area contributed by atoms with Crippen LogP contribution in [0.25, 0.3) is 0 Å². The molecule has 1 aliphatic heterocycles. The van der Waals surface area contributed by atoms with Crippen LogP contribution in [0.2, 0.25) is 5.02 Å². The van der Waals surface area contributed by atoms with Gasteiger partial charge >= 0.3 is 0 Å². The lowest BCUT2D eigenvalue weighted by Crippen LogP contribution is -2.47. The second kappa shape index (κ2) is 9.05. The maximum atomic E-state index is 12.5. The minimum Gasteiger partial charge on any atom is -0.376 e. The number of benzene rings is 2. The summed E-state index contributed by atoms with van der Waals surface area (Å²) in [5, 5.41) is 3.71. The van der Waals surface area contributed by atoms with Crippen molar-refractivity contribution in [3.63, 3.8) is 0 Å². The Morgan fingerprint density at radius 1 is 1.11 bits per heavy atom. The Labute approximate surface area is 169 Å². The number of carbonyl (C=O) groups is 2. The summed E-state index contributed by atoms with van der Waals surface area (Å²) in [6, 6.07) is 13.1. The van der Waals surface area contributed by atoms with E-state index < -0.39 is 0 Å². The molecule has 8 heteroatoms. The molecule has 7 nitrogen and oxygen atoms in total. The first-order valence-corrected chi connectivity index (χ1v) is 9.45. The maximum absolute atomic E-state index is 12.5. The first-order valence-electron chi connectivity index (χ1n) is 9.07. The Bertz CT molecular complexity index is 856. The minimum atomic E-state index is -0.367. The average molecular weight is 402 g/mol. The molecule has 1 heterocycles. The van der Waals surface area contributed by atoms with Crippen LogP contribution >= 0.6 is 11.6 Å². The monoisotopic (exact) mass is 401 g/mol. The van der Waals surface area contributed by atoms with Crippen molar-refractivity contribution >= 4 is 29.1 Å². The van der Waals surface area contributed by atoms with Gasteiger partial charge in [0.05, 0.1) is 18.5 Å². The van der Waals surface area contributed by atoms with Crippen LogP contribution in [0.5, 0.6) is 0 Å². The lowest BCUT2D eigenvalue weighted by atomic mass is 9.94. The molecule has 1 saturated heterocycles. The lowest BCUT2D eigenvalue weighted by Gasteiger charge is -2.19.